The van der Waals surface area contributed by atoms with Crippen LogP contribution in [0.4, 0.5) is 0 Å². The van der Waals surface area contributed by atoms with Gasteiger partial charge in [0.25, 0.3) is 0 Å². The van der Waals surface area contributed by atoms with Crippen LogP contribution < -0.4 is 0 Å². The molecule has 0 saturated carbocycles. The van der Waals surface area contributed by atoms with Gasteiger partial charge >= 0.3 is 0 Å². The summed E-state index contributed by atoms with van der Waals surface area (Å²) in [6.45, 7) is 0. The maximum Gasteiger partial charge on any atom is 0.164 e. The maximum absolute atomic E-state index is 5.12. The molecule has 0 amide bonds. The lowest BCUT2D eigenvalue weighted by Crippen LogP contribution is -2.01. The van der Waals surface area contributed by atoms with E-state index in [1.807, 2.05) is 304 Å². The zero-order valence-electron chi connectivity index (χ0n) is 64.4. The maximum atomic E-state index is 5.12. The molecule has 0 spiro atoms. The van der Waals surface area contributed by atoms with E-state index in [-0.39, 0.29) is 0 Å². The van der Waals surface area contributed by atoms with Crippen LogP contribution in [0.2, 0.25) is 0 Å². The van der Waals surface area contributed by atoms with E-state index in [0.29, 0.717) is 75.1 Å². The van der Waals surface area contributed by atoms with Crippen LogP contribution in [-0.4, -0.2) is 79.7 Å². The predicted molar refractivity (Wildman–Crippen MR) is 475 cm³/mol. The van der Waals surface area contributed by atoms with Gasteiger partial charge in [0.15, 0.2) is 46.6 Å². The van der Waals surface area contributed by atoms with Crippen molar-refractivity contribution < 1.29 is 0 Å². The minimum absolute atomic E-state index is 0.561. The van der Waals surface area contributed by atoms with Gasteiger partial charge in [-0.05, 0) is 113 Å². The highest BCUT2D eigenvalue weighted by Gasteiger charge is 2.22. The fourth-order valence-electron chi connectivity index (χ4n) is 14.1. The van der Waals surface area contributed by atoms with Crippen LogP contribution in [-0.2, 0) is 0 Å². The first-order chi connectivity index (χ1) is 59.4. The monoisotopic (exact) mass is 1540 g/mol. The molecular formula is C104H68N16. The smallest absolute Gasteiger partial charge is 0.164 e. The highest BCUT2D eigenvalue weighted by atomic mass is 15.0. The van der Waals surface area contributed by atoms with Gasteiger partial charge in [0.05, 0.1) is 68.3 Å². The van der Waals surface area contributed by atoms with Gasteiger partial charge < -0.3 is 0 Å². The van der Waals surface area contributed by atoms with Crippen LogP contribution in [0.15, 0.2) is 413 Å². The molecule has 10 aromatic carbocycles. The Balaban J connectivity index is 0.000000159. The SMILES string of the molecule is c1ccc(-c2cc(-c3ccccc3)nc(-c3ccc(-c4cc(-c5cccc(-c6nc(-c7ccccc7)nc(-c7ccccc7)n6)c5)cc(-c5ccccn5)n4)nc3)n2)cc1.c1ccc(-c2cc(-c3ccccc3)nc(-c3ccc(-c4cc(-c5ccccc5-c5nc(-c6ccccc6)nc(-c6ccccc6)n5)cc(-c5ccccn5)n4)nc3)n2)cc1. The van der Waals surface area contributed by atoms with Crippen LogP contribution in [0.3, 0.4) is 0 Å². The van der Waals surface area contributed by atoms with Crippen molar-refractivity contribution in [2.75, 3.05) is 0 Å². The topological polar surface area (TPSA) is 206 Å². The van der Waals surface area contributed by atoms with Gasteiger partial charge in [-0.1, -0.05) is 297 Å². The summed E-state index contributed by atoms with van der Waals surface area (Å²) in [5.74, 6) is 4.72. The number of aromatic nitrogens is 16. The van der Waals surface area contributed by atoms with Gasteiger partial charge in [-0.2, -0.15) is 0 Å². The molecule has 10 heterocycles. The second kappa shape index (κ2) is 34.1. The number of hydrogen-bond acceptors (Lipinski definition) is 16. The summed E-state index contributed by atoms with van der Waals surface area (Å²) in [6.07, 6.45) is 7.19. The zero-order valence-corrected chi connectivity index (χ0v) is 64.4. The molecule has 0 atom stereocenters. The molecular weight excluding hydrogens is 1470 g/mol. The molecule has 0 N–H and O–H groups in total. The van der Waals surface area contributed by atoms with Gasteiger partial charge in [-0.15, -0.1) is 0 Å². The molecule has 20 aromatic rings. The Bertz CT molecular complexity index is 6730. The Labute approximate surface area is 692 Å². The van der Waals surface area contributed by atoms with Crippen molar-refractivity contribution in [3.8, 4) is 204 Å². The van der Waals surface area contributed by atoms with Crippen LogP contribution >= 0.6 is 0 Å². The Hall–Kier alpha value is -16.7. The average molecular weight is 1540 g/mol. The second-order valence-corrected chi connectivity index (χ2v) is 28.1. The van der Waals surface area contributed by atoms with Crippen LogP contribution in [0.5, 0.6) is 0 Å². The molecule has 564 valence electrons. The number of pyridine rings is 6. The summed E-state index contributed by atoms with van der Waals surface area (Å²) in [6, 6.07) is 129. The normalized spacial score (nSPS) is 11.0. The van der Waals surface area contributed by atoms with E-state index in [1.165, 1.54) is 0 Å². The van der Waals surface area contributed by atoms with E-state index in [2.05, 4.69) is 107 Å². The molecule has 0 aliphatic heterocycles. The zero-order chi connectivity index (χ0) is 80.2. The van der Waals surface area contributed by atoms with Crippen molar-refractivity contribution in [3.05, 3.63) is 413 Å². The summed E-state index contributed by atoms with van der Waals surface area (Å²) in [5, 5.41) is 0. The van der Waals surface area contributed by atoms with Crippen molar-refractivity contribution in [2.45, 2.75) is 0 Å². The van der Waals surface area contributed by atoms with Crippen molar-refractivity contribution >= 4 is 0 Å². The number of nitrogens with zero attached hydrogens (tertiary/aromatic N) is 16. The largest absolute Gasteiger partial charge is 0.255 e. The fraction of sp³-hybridized carbons (Fsp3) is 0. The second-order valence-electron chi connectivity index (χ2n) is 28.1. The van der Waals surface area contributed by atoms with Gasteiger partial charge in [0, 0.05) is 91.5 Å². The average Bonchev–Trinajstić information content (AvgIpc) is 0.745. The Morgan fingerprint density at radius 3 is 0.725 bits per heavy atom. The highest BCUT2D eigenvalue weighted by molar-refractivity contribution is 5.86. The van der Waals surface area contributed by atoms with Crippen LogP contribution in [0.25, 0.3) is 204 Å². The Morgan fingerprint density at radius 1 is 0.117 bits per heavy atom. The molecule has 0 aliphatic rings. The van der Waals surface area contributed by atoms with E-state index in [0.717, 1.165) is 129 Å². The van der Waals surface area contributed by atoms with Gasteiger partial charge in [-0.25, -0.2) is 59.8 Å². The third kappa shape index (κ3) is 16.5. The van der Waals surface area contributed by atoms with E-state index >= 15 is 0 Å². The molecule has 16 nitrogen and oxygen atoms in total. The van der Waals surface area contributed by atoms with Gasteiger partial charge in [-0.3, -0.25) is 19.9 Å². The minimum atomic E-state index is 0.561. The third-order valence-electron chi connectivity index (χ3n) is 20.1. The molecule has 0 aliphatic carbocycles. The van der Waals surface area contributed by atoms with Crippen molar-refractivity contribution in [1.29, 1.82) is 0 Å². The van der Waals surface area contributed by atoms with E-state index in [4.69, 9.17) is 69.8 Å². The molecule has 16 heteroatoms. The van der Waals surface area contributed by atoms with Crippen molar-refractivity contribution in [3.63, 3.8) is 0 Å². The summed E-state index contributed by atoms with van der Waals surface area (Å²) in [5.41, 5.74) is 23.8. The molecule has 0 bridgehead atoms. The van der Waals surface area contributed by atoms with E-state index in [1.54, 1.807) is 12.4 Å². The third-order valence-corrected chi connectivity index (χ3v) is 20.1. The molecule has 0 saturated heterocycles. The number of benzene rings is 10. The minimum Gasteiger partial charge on any atom is -0.255 e. The first-order valence-electron chi connectivity index (χ1n) is 39.2. The predicted octanol–water partition coefficient (Wildman–Crippen LogP) is 23.7. The summed E-state index contributed by atoms with van der Waals surface area (Å²) >= 11 is 0. The quantitative estimate of drug-likeness (QED) is 0.0783. The highest BCUT2D eigenvalue weighted by Crippen LogP contribution is 2.39. The fourth-order valence-corrected chi connectivity index (χ4v) is 14.1. The Kier molecular flexibility index (Phi) is 20.9. The molecule has 120 heavy (non-hydrogen) atoms. The molecule has 10 aromatic heterocycles. The van der Waals surface area contributed by atoms with Crippen LogP contribution in [0, 0.1) is 0 Å². The number of rotatable bonds is 18. The summed E-state index contributed by atoms with van der Waals surface area (Å²) < 4.78 is 0. The van der Waals surface area contributed by atoms with Crippen molar-refractivity contribution in [2.24, 2.45) is 0 Å². The summed E-state index contributed by atoms with van der Waals surface area (Å²) in [7, 11) is 0. The standard InChI is InChI=1S/2C52H34N8/c1-5-17-35(18-6-1)45-33-46(36-19-7-2-8-20-36)57-51(56-45)39-28-29-44(54-34-39)48-32-40(31-47(55-48)43-27-15-16-30-53-43)41-25-13-14-26-42(41)52-59-49(37-21-9-3-10-22-37)58-50(60-52)38-23-11-4-12-24-38;1-5-16-35(17-6-1)45-33-46(36-18-7-2-8-19-36)57-52(56-45)41-27-28-44(54-34-41)48-32-42(31-47(55-48)43-26-13-14-29-53-43)39-24-15-25-40(30-39)51-59-49(37-20-9-3-10-21-37)58-50(60-51)38-22-11-4-12-23-38/h2*1-34H. The number of hydrogen-bond donors (Lipinski definition) is 0. The van der Waals surface area contributed by atoms with E-state index in [9.17, 15) is 0 Å². The first kappa shape index (κ1) is 73.5. The van der Waals surface area contributed by atoms with Crippen molar-refractivity contribution in [1.82, 2.24) is 79.7 Å². The Morgan fingerprint density at radius 2 is 0.392 bits per heavy atom. The lowest BCUT2D eigenvalue weighted by atomic mass is 9.97. The lowest BCUT2D eigenvalue weighted by molar-refractivity contribution is 1.07. The van der Waals surface area contributed by atoms with E-state index < -0.39 is 0 Å². The lowest BCUT2D eigenvalue weighted by Gasteiger charge is -2.14. The molecule has 20 rings (SSSR count). The van der Waals surface area contributed by atoms with Gasteiger partial charge in [0.2, 0.25) is 0 Å². The first-order valence-corrected chi connectivity index (χ1v) is 39.2. The van der Waals surface area contributed by atoms with Crippen LogP contribution in [0.1, 0.15) is 0 Å². The summed E-state index contributed by atoms with van der Waals surface area (Å²) in [4.78, 5) is 79.4. The molecule has 0 fully saturated rings. The molecule has 0 unspecified atom stereocenters. The van der Waals surface area contributed by atoms with Gasteiger partial charge in [0.1, 0.15) is 0 Å². The molecule has 0 radical (unpaired) electrons.